The maximum atomic E-state index is 11.9. The van der Waals surface area contributed by atoms with Crippen LogP contribution in [0.5, 0.6) is 11.5 Å². The molecule has 0 spiro atoms. The lowest BCUT2D eigenvalue weighted by molar-refractivity contribution is 0.174. The third-order valence-corrected chi connectivity index (χ3v) is 4.04. The summed E-state index contributed by atoms with van der Waals surface area (Å²) in [6.45, 7) is 0.576. The second-order valence-corrected chi connectivity index (χ2v) is 5.55. The second-order valence-electron chi connectivity index (χ2n) is 3.44. The van der Waals surface area contributed by atoms with Crippen LogP contribution >= 0.6 is 0 Å². The molecule has 0 radical (unpaired) electrons. The molecule has 1 aromatic carbocycles. The Balaban J connectivity index is 2.27. The minimum absolute atomic E-state index is 0.0726. The zero-order valence-electron chi connectivity index (χ0n) is 8.89. The Kier molecular flexibility index (Phi) is 3.02. The van der Waals surface area contributed by atoms with Crippen LogP contribution in [0.15, 0.2) is 23.1 Å². The Bertz CT molecular complexity index is 484. The third-order valence-electron chi connectivity index (χ3n) is 2.32. The van der Waals surface area contributed by atoms with Crippen molar-refractivity contribution in [1.82, 2.24) is 5.32 Å². The van der Waals surface area contributed by atoms with E-state index in [1.54, 1.807) is 19.2 Å². The first kappa shape index (κ1) is 11.2. The van der Waals surface area contributed by atoms with Gasteiger partial charge in [0.1, 0.15) is 0 Å². The number of ether oxygens (including phenoxy) is 2. The van der Waals surface area contributed by atoms with Crippen molar-refractivity contribution >= 4 is 9.84 Å². The van der Waals surface area contributed by atoms with Crippen molar-refractivity contribution in [2.75, 3.05) is 26.1 Å². The smallest absolute Gasteiger partial charge is 0.231 e. The Labute approximate surface area is 94.3 Å². The predicted octanol–water partition coefficient (Wildman–Crippen LogP) is 0.408. The van der Waals surface area contributed by atoms with Crippen LogP contribution in [-0.4, -0.2) is 34.6 Å². The molecule has 16 heavy (non-hydrogen) atoms. The number of hydrogen-bond acceptors (Lipinski definition) is 5. The lowest BCUT2D eigenvalue weighted by atomic mass is 10.3. The van der Waals surface area contributed by atoms with E-state index in [9.17, 15) is 8.42 Å². The van der Waals surface area contributed by atoms with Gasteiger partial charge < -0.3 is 14.8 Å². The fourth-order valence-corrected chi connectivity index (χ4v) is 2.70. The normalized spacial score (nSPS) is 14.1. The summed E-state index contributed by atoms with van der Waals surface area (Å²) < 4.78 is 34.0. The van der Waals surface area contributed by atoms with Gasteiger partial charge in [-0.05, 0) is 19.2 Å². The lowest BCUT2D eigenvalue weighted by Gasteiger charge is -2.04. The Hall–Kier alpha value is -1.27. The van der Waals surface area contributed by atoms with Crippen molar-refractivity contribution in [3.8, 4) is 11.5 Å². The molecule has 5 nitrogen and oxygen atoms in total. The van der Waals surface area contributed by atoms with Gasteiger partial charge in [-0.15, -0.1) is 0 Å². The molecule has 0 fully saturated rings. The number of nitrogens with one attached hydrogen (secondary N) is 1. The summed E-state index contributed by atoms with van der Waals surface area (Å²) in [7, 11) is -1.52. The van der Waals surface area contributed by atoms with Gasteiger partial charge in [-0.25, -0.2) is 8.42 Å². The van der Waals surface area contributed by atoms with Crippen molar-refractivity contribution in [3.05, 3.63) is 18.2 Å². The van der Waals surface area contributed by atoms with Crippen LogP contribution in [0.3, 0.4) is 0 Å². The minimum atomic E-state index is -3.24. The second kappa shape index (κ2) is 4.31. The average Bonchev–Trinajstić information content (AvgIpc) is 2.73. The van der Waals surface area contributed by atoms with Crippen LogP contribution in [0.1, 0.15) is 0 Å². The fraction of sp³-hybridized carbons (Fsp3) is 0.400. The van der Waals surface area contributed by atoms with E-state index >= 15 is 0 Å². The zero-order chi connectivity index (χ0) is 11.6. The van der Waals surface area contributed by atoms with Gasteiger partial charge in [0.25, 0.3) is 0 Å². The summed E-state index contributed by atoms with van der Waals surface area (Å²) >= 11 is 0. The molecular weight excluding hydrogens is 230 g/mol. The summed E-state index contributed by atoms with van der Waals surface area (Å²) in [5.41, 5.74) is 0. The van der Waals surface area contributed by atoms with Gasteiger partial charge in [0.15, 0.2) is 21.3 Å². The van der Waals surface area contributed by atoms with Gasteiger partial charge in [0.2, 0.25) is 6.79 Å². The number of hydrogen-bond donors (Lipinski definition) is 1. The quantitative estimate of drug-likeness (QED) is 0.829. The number of sulfone groups is 1. The molecule has 1 aromatic rings. The Morgan fingerprint density at radius 1 is 1.31 bits per heavy atom. The molecule has 88 valence electrons. The molecule has 2 rings (SSSR count). The molecule has 0 unspecified atom stereocenters. The number of rotatable bonds is 4. The van der Waals surface area contributed by atoms with Crippen molar-refractivity contribution in [2.24, 2.45) is 0 Å². The van der Waals surface area contributed by atoms with Crippen LogP contribution < -0.4 is 14.8 Å². The molecule has 0 atom stereocenters. The SMILES string of the molecule is CNCCS(=O)(=O)c1ccc2c(c1)OCO2. The van der Waals surface area contributed by atoms with Crippen molar-refractivity contribution in [3.63, 3.8) is 0 Å². The van der Waals surface area contributed by atoms with Crippen LogP contribution in [0.2, 0.25) is 0 Å². The van der Waals surface area contributed by atoms with Crippen LogP contribution in [0.4, 0.5) is 0 Å². The van der Waals surface area contributed by atoms with Crippen LogP contribution in [0, 0.1) is 0 Å². The highest BCUT2D eigenvalue weighted by Gasteiger charge is 2.19. The Morgan fingerprint density at radius 2 is 2.06 bits per heavy atom. The highest BCUT2D eigenvalue weighted by Crippen LogP contribution is 2.33. The molecule has 0 saturated carbocycles. The molecule has 0 amide bonds. The molecule has 1 aliphatic rings. The monoisotopic (exact) mass is 243 g/mol. The van der Waals surface area contributed by atoms with E-state index in [1.165, 1.54) is 6.07 Å². The highest BCUT2D eigenvalue weighted by atomic mass is 32.2. The minimum Gasteiger partial charge on any atom is -0.454 e. The van der Waals surface area contributed by atoms with E-state index in [0.29, 0.717) is 18.0 Å². The van der Waals surface area contributed by atoms with Gasteiger partial charge in [-0.1, -0.05) is 0 Å². The maximum absolute atomic E-state index is 11.9. The van der Waals surface area contributed by atoms with E-state index < -0.39 is 9.84 Å². The molecule has 1 heterocycles. The van der Waals surface area contributed by atoms with E-state index in [2.05, 4.69) is 5.32 Å². The van der Waals surface area contributed by atoms with Crippen molar-refractivity contribution in [2.45, 2.75) is 4.90 Å². The summed E-state index contributed by atoms with van der Waals surface area (Å²) in [5, 5.41) is 2.81. The van der Waals surface area contributed by atoms with Crippen molar-refractivity contribution < 1.29 is 17.9 Å². The van der Waals surface area contributed by atoms with Gasteiger partial charge in [0, 0.05) is 12.6 Å². The average molecular weight is 243 g/mol. The summed E-state index contributed by atoms with van der Waals surface area (Å²) in [6, 6.07) is 4.67. The van der Waals surface area contributed by atoms with Gasteiger partial charge >= 0.3 is 0 Å². The van der Waals surface area contributed by atoms with E-state index in [4.69, 9.17) is 9.47 Å². The summed E-state index contributed by atoms with van der Waals surface area (Å²) in [5.74, 6) is 1.15. The standard InChI is InChI=1S/C10H13NO4S/c1-11-4-5-16(12,13)8-2-3-9-10(6-8)15-7-14-9/h2-3,6,11H,4-5,7H2,1H3. The fourth-order valence-electron chi connectivity index (χ4n) is 1.42. The topological polar surface area (TPSA) is 64.6 Å². The van der Waals surface area contributed by atoms with Gasteiger partial charge in [-0.3, -0.25) is 0 Å². The molecule has 0 aromatic heterocycles. The largest absolute Gasteiger partial charge is 0.454 e. The summed E-state index contributed by atoms with van der Waals surface area (Å²) in [4.78, 5) is 0.270. The molecule has 0 aliphatic carbocycles. The molecular formula is C10H13NO4S. The predicted molar refractivity (Wildman–Crippen MR) is 58.5 cm³/mol. The first-order valence-electron chi connectivity index (χ1n) is 4.90. The van der Waals surface area contributed by atoms with Crippen molar-refractivity contribution in [1.29, 1.82) is 0 Å². The molecule has 6 heteroatoms. The number of fused-ring (bicyclic) bond motifs is 1. The molecule has 1 N–H and O–H groups in total. The lowest BCUT2D eigenvalue weighted by Crippen LogP contribution is -2.19. The first-order chi connectivity index (χ1) is 7.63. The van der Waals surface area contributed by atoms with Gasteiger partial charge in [0.05, 0.1) is 10.6 Å². The number of benzene rings is 1. The van der Waals surface area contributed by atoms with E-state index in [0.717, 1.165) is 0 Å². The molecule has 0 bridgehead atoms. The first-order valence-corrected chi connectivity index (χ1v) is 6.56. The van der Waals surface area contributed by atoms with Crippen LogP contribution in [0.25, 0.3) is 0 Å². The summed E-state index contributed by atoms with van der Waals surface area (Å²) in [6.07, 6.45) is 0. The highest BCUT2D eigenvalue weighted by molar-refractivity contribution is 7.91. The third kappa shape index (κ3) is 2.12. The molecule has 1 aliphatic heterocycles. The van der Waals surface area contributed by atoms with Gasteiger partial charge in [-0.2, -0.15) is 0 Å². The zero-order valence-corrected chi connectivity index (χ0v) is 9.71. The Morgan fingerprint density at radius 3 is 2.81 bits per heavy atom. The molecule has 0 saturated heterocycles. The van der Waals surface area contributed by atoms with E-state index in [-0.39, 0.29) is 17.4 Å². The van der Waals surface area contributed by atoms with Crippen LogP contribution in [-0.2, 0) is 9.84 Å². The maximum Gasteiger partial charge on any atom is 0.231 e. The van der Waals surface area contributed by atoms with E-state index in [1.807, 2.05) is 0 Å².